The Labute approximate surface area is 113 Å². The molecule has 1 aromatic heterocycles. The van der Waals surface area contributed by atoms with Gasteiger partial charge < -0.3 is 15.4 Å². The van der Waals surface area contributed by atoms with Gasteiger partial charge in [-0.05, 0) is 37.8 Å². The first-order valence-electron chi connectivity index (χ1n) is 6.65. The molecule has 104 valence electrons. The van der Waals surface area contributed by atoms with Crippen LogP contribution < -0.4 is 5.73 Å². The molecule has 1 aliphatic rings. The summed E-state index contributed by atoms with van der Waals surface area (Å²) < 4.78 is 5.09. The lowest BCUT2D eigenvalue weighted by molar-refractivity contribution is 0.0590. The number of rotatable bonds is 6. The number of amides is 1. The number of anilines is 1. The van der Waals surface area contributed by atoms with Crippen molar-refractivity contribution in [3.8, 4) is 0 Å². The highest BCUT2D eigenvalue weighted by Gasteiger charge is 2.35. The van der Waals surface area contributed by atoms with Crippen molar-refractivity contribution in [1.29, 1.82) is 0 Å². The van der Waals surface area contributed by atoms with Gasteiger partial charge in [0, 0.05) is 25.9 Å². The van der Waals surface area contributed by atoms with Crippen molar-refractivity contribution >= 4 is 11.6 Å². The molecule has 5 nitrogen and oxygen atoms in total. The maximum absolute atomic E-state index is 12.6. The van der Waals surface area contributed by atoms with Crippen molar-refractivity contribution in [2.45, 2.75) is 25.8 Å². The molecule has 0 saturated heterocycles. The lowest BCUT2D eigenvalue weighted by Crippen LogP contribution is -2.42. The summed E-state index contributed by atoms with van der Waals surface area (Å²) in [4.78, 5) is 18.5. The average molecular weight is 263 g/mol. The maximum Gasteiger partial charge on any atom is 0.274 e. The average Bonchev–Trinajstić information content (AvgIpc) is 3.23. The second kappa shape index (κ2) is 6.02. The van der Waals surface area contributed by atoms with Crippen LogP contribution in [0.15, 0.2) is 18.3 Å². The summed E-state index contributed by atoms with van der Waals surface area (Å²) in [6, 6.07) is 3.65. The van der Waals surface area contributed by atoms with Crippen LogP contribution in [0.25, 0.3) is 0 Å². The monoisotopic (exact) mass is 263 g/mol. The quantitative estimate of drug-likeness (QED) is 0.845. The van der Waals surface area contributed by atoms with Gasteiger partial charge in [0.1, 0.15) is 0 Å². The molecular weight excluding hydrogens is 242 g/mol. The van der Waals surface area contributed by atoms with E-state index in [4.69, 9.17) is 10.5 Å². The minimum atomic E-state index is -0.102. The van der Waals surface area contributed by atoms with E-state index in [1.54, 1.807) is 25.4 Å². The van der Waals surface area contributed by atoms with Crippen LogP contribution in [-0.4, -0.2) is 42.1 Å². The topological polar surface area (TPSA) is 68.5 Å². The first-order valence-corrected chi connectivity index (χ1v) is 6.65. The molecule has 0 spiro atoms. The third-order valence-corrected chi connectivity index (χ3v) is 3.63. The van der Waals surface area contributed by atoms with E-state index in [1.165, 1.54) is 12.8 Å². The number of carbonyl (C=O) groups excluding carboxylic acids is 1. The summed E-state index contributed by atoms with van der Waals surface area (Å²) in [7, 11) is 1.64. The molecule has 0 aromatic carbocycles. The number of pyridine rings is 1. The van der Waals surface area contributed by atoms with E-state index in [9.17, 15) is 4.79 Å². The Morgan fingerprint density at radius 3 is 2.95 bits per heavy atom. The van der Waals surface area contributed by atoms with Gasteiger partial charge in [0.15, 0.2) is 5.69 Å². The van der Waals surface area contributed by atoms with E-state index in [-0.39, 0.29) is 11.9 Å². The maximum atomic E-state index is 12.6. The van der Waals surface area contributed by atoms with Gasteiger partial charge in [-0.1, -0.05) is 0 Å². The van der Waals surface area contributed by atoms with Gasteiger partial charge in [-0.25, -0.2) is 4.98 Å². The Balaban J connectivity index is 2.17. The van der Waals surface area contributed by atoms with Crippen LogP contribution in [0.2, 0.25) is 0 Å². The highest BCUT2D eigenvalue weighted by molar-refractivity contribution is 5.97. The Kier molecular flexibility index (Phi) is 4.37. The molecule has 0 bridgehead atoms. The number of methoxy groups -OCH3 is 1. The lowest BCUT2D eigenvalue weighted by Gasteiger charge is -2.29. The zero-order valence-corrected chi connectivity index (χ0v) is 11.5. The van der Waals surface area contributed by atoms with E-state index < -0.39 is 0 Å². The smallest absolute Gasteiger partial charge is 0.274 e. The van der Waals surface area contributed by atoms with Crippen LogP contribution in [0.5, 0.6) is 0 Å². The van der Waals surface area contributed by atoms with Gasteiger partial charge in [0.25, 0.3) is 5.91 Å². The fourth-order valence-electron chi connectivity index (χ4n) is 2.25. The van der Waals surface area contributed by atoms with Crippen molar-refractivity contribution in [3.05, 3.63) is 24.0 Å². The Hall–Kier alpha value is -1.62. The molecule has 1 aromatic rings. The number of hydrogen-bond acceptors (Lipinski definition) is 4. The van der Waals surface area contributed by atoms with Gasteiger partial charge in [0.2, 0.25) is 0 Å². The molecular formula is C14H21N3O2. The predicted molar refractivity (Wildman–Crippen MR) is 73.7 cm³/mol. The van der Waals surface area contributed by atoms with Gasteiger partial charge in [0.05, 0.1) is 12.3 Å². The minimum Gasteiger partial charge on any atom is -0.397 e. The minimum absolute atomic E-state index is 0.102. The first-order chi connectivity index (χ1) is 9.15. The number of ether oxygens (including phenoxy) is 1. The third-order valence-electron chi connectivity index (χ3n) is 3.63. The van der Waals surface area contributed by atoms with Crippen LogP contribution in [0.3, 0.4) is 0 Å². The van der Waals surface area contributed by atoms with Gasteiger partial charge in [-0.2, -0.15) is 0 Å². The molecule has 1 atom stereocenters. The van der Waals surface area contributed by atoms with Gasteiger partial charge in [-0.15, -0.1) is 0 Å². The second-order valence-electron chi connectivity index (χ2n) is 5.01. The highest BCUT2D eigenvalue weighted by atomic mass is 16.5. The van der Waals surface area contributed by atoms with Crippen LogP contribution >= 0.6 is 0 Å². The van der Waals surface area contributed by atoms with Crippen molar-refractivity contribution in [1.82, 2.24) is 9.88 Å². The van der Waals surface area contributed by atoms with Crippen molar-refractivity contribution in [2.75, 3.05) is 26.0 Å². The summed E-state index contributed by atoms with van der Waals surface area (Å²) in [5.41, 5.74) is 6.61. The van der Waals surface area contributed by atoms with Gasteiger partial charge >= 0.3 is 0 Å². The summed E-state index contributed by atoms with van der Waals surface area (Å²) in [5.74, 6) is 0.500. The number of nitrogens with two attached hydrogens (primary N) is 1. The highest BCUT2D eigenvalue weighted by Crippen LogP contribution is 2.35. The van der Waals surface area contributed by atoms with Crippen LogP contribution in [0.1, 0.15) is 30.3 Å². The Morgan fingerprint density at radius 2 is 2.37 bits per heavy atom. The van der Waals surface area contributed by atoms with Crippen molar-refractivity contribution < 1.29 is 9.53 Å². The molecule has 1 aliphatic carbocycles. The molecule has 0 aliphatic heterocycles. The number of aromatic nitrogens is 1. The molecule has 1 fully saturated rings. The summed E-state index contributed by atoms with van der Waals surface area (Å²) >= 11 is 0. The van der Waals surface area contributed by atoms with Crippen LogP contribution in [-0.2, 0) is 4.74 Å². The van der Waals surface area contributed by atoms with E-state index in [2.05, 4.69) is 11.9 Å². The zero-order valence-electron chi connectivity index (χ0n) is 11.5. The van der Waals surface area contributed by atoms with E-state index in [1.807, 2.05) is 4.90 Å². The number of nitrogen functional groups attached to an aromatic ring is 1. The second-order valence-corrected chi connectivity index (χ2v) is 5.01. The summed E-state index contributed by atoms with van der Waals surface area (Å²) in [5, 5.41) is 0. The standard InChI is InChI=1S/C14H21N3O2/c1-10(11-5-6-11)17(8-9-19-2)14(18)13-12(15)4-3-7-16-13/h3-4,7,10-11H,5-6,8-9,15H2,1-2H3. The largest absolute Gasteiger partial charge is 0.397 e. The van der Waals surface area contributed by atoms with E-state index in [0.717, 1.165) is 0 Å². The number of nitrogens with zero attached hydrogens (tertiary/aromatic N) is 2. The fraction of sp³-hybridized carbons (Fsp3) is 0.571. The summed E-state index contributed by atoms with van der Waals surface area (Å²) in [6.45, 7) is 3.18. The normalized spacial score (nSPS) is 16.1. The van der Waals surface area contributed by atoms with E-state index in [0.29, 0.717) is 30.5 Å². The summed E-state index contributed by atoms with van der Waals surface area (Å²) in [6.07, 6.45) is 3.98. The molecule has 1 saturated carbocycles. The molecule has 1 amide bonds. The number of carbonyl (C=O) groups is 1. The molecule has 2 rings (SSSR count). The molecule has 2 N–H and O–H groups in total. The Morgan fingerprint density at radius 1 is 1.63 bits per heavy atom. The molecule has 0 radical (unpaired) electrons. The number of hydrogen-bond donors (Lipinski definition) is 1. The fourth-order valence-corrected chi connectivity index (χ4v) is 2.25. The third kappa shape index (κ3) is 3.23. The molecule has 19 heavy (non-hydrogen) atoms. The first kappa shape index (κ1) is 13.8. The molecule has 1 unspecified atom stereocenters. The van der Waals surface area contributed by atoms with Crippen LogP contribution in [0, 0.1) is 5.92 Å². The van der Waals surface area contributed by atoms with Crippen molar-refractivity contribution in [2.24, 2.45) is 5.92 Å². The Bertz CT molecular complexity index is 446. The SMILES string of the molecule is COCCN(C(=O)c1ncccc1N)C(C)C1CC1. The molecule has 5 heteroatoms. The predicted octanol–water partition coefficient (Wildman–Crippen LogP) is 1.55. The zero-order chi connectivity index (χ0) is 13.8. The van der Waals surface area contributed by atoms with E-state index >= 15 is 0 Å². The van der Waals surface area contributed by atoms with Crippen molar-refractivity contribution in [3.63, 3.8) is 0 Å². The van der Waals surface area contributed by atoms with Gasteiger partial charge in [-0.3, -0.25) is 4.79 Å². The molecule has 1 heterocycles. The lowest BCUT2D eigenvalue weighted by atomic mass is 10.1. The van der Waals surface area contributed by atoms with Crippen LogP contribution in [0.4, 0.5) is 5.69 Å².